The molecule has 0 bridgehead atoms. The second-order valence-corrected chi connectivity index (χ2v) is 10.1. The summed E-state index contributed by atoms with van der Waals surface area (Å²) in [6, 6.07) is 10.9. The lowest BCUT2D eigenvalue weighted by Gasteiger charge is -2.27. The highest BCUT2D eigenvalue weighted by Crippen LogP contribution is 2.13. The molecule has 218 valence electrons. The van der Waals surface area contributed by atoms with Crippen molar-refractivity contribution in [3.05, 3.63) is 65.7 Å². The molecule has 11 nitrogen and oxygen atoms in total. The van der Waals surface area contributed by atoms with Crippen molar-refractivity contribution in [2.24, 2.45) is 17.4 Å². The first-order chi connectivity index (χ1) is 19.0. The van der Waals surface area contributed by atoms with Crippen molar-refractivity contribution in [3.8, 4) is 5.75 Å². The number of hydrogen-bond donors (Lipinski definition) is 7. The van der Waals surface area contributed by atoms with Gasteiger partial charge in [0.25, 0.3) is 0 Å². The van der Waals surface area contributed by atoms with E-state index in [0.29, 0.717) is 31.4 Å². The molecule has 2 aromatic rings. The summed E-state index contributed by atoms with van der Waals surface area (Å²) >= 11 is 0. The van der Waals surface area contributed by atoms with Crippen LogP contribution in [0.3, 0.4) is 0 Å². The number of carboxylic acids is 1. The number of aromatic hydroxyl groups is 1. The van der Waals surface area contributed by atoms with Crippen molar-refractivity contribution in [1.82, 2.24) is 16.0 Å². The Morgan fingerprint density at radius 1 is 0.775 bits per heavy atom. The summed E-state index contributed by atoms with van der Waals surface area (Å²) in [6.45, 7) is 3.92. The van der Waals surface area contributed by atoms with Crippen molar-refractivity contribution in [1.29, 1.82) is 0 Å². The smallest absolute Gasteiger partial charge is 0.326 e. The fourth-order valence-electron chi connectivity index (χ4n) is 4.10. The van der Waals surface area contributed by atoms with Crippen LogP contribution in [0.25, 0.3) is 0 Å². The molecule has 3 amide bonds. The minimum atomic E-state index is -1.20. The first-order valence-corrected chi connectivity index (χ1v) is 13.4. The van der Waals surface area contributed by atoms with Crippen LogP contribution in [0, 0.1) is 5.92 Å². The predicted octanol–water partition coefficient (Wildman–Crippen LogP) is 0.829. The number of nitrogens with one attached hydrogen (secondary N) is 3. The van der Waals surface area contributed by atoms with Gasteiger partial charge in [-0.25, -0.2) is 4.79 Å². The Morgan fingerprint density at radius 3 is 1.93 bits per heavy atom. The quantitative estimate of drug-likeness (QED) is 0.148. The normalized spacial score (nSPS) is 14.0. The number of phenols is 1. The number of carbonyl (C=O) groups is 4. The minimum Gasteiger partial charge on any atom is -0.508 e. The van der Waals surface area contributed by atoms with E-state index >= 15 is 0 Å². The molecule has 2 aromatic carbocycles. The molecule has 0 heterocycles. The van der Waals surface area contributed by atoms with E-state index in [4.69, 9.17) is 11.5 Å². The van der Waals surface area contributed by atoms with Crippen LogP contribution in [0.5, 0.6) is 5.75 Å². The topological polar surface area (TPSA) is 197 Å². The summed E-state index contributed by atoms with van der Waals surface area (Å²) in [7, 11) is 0. The summed E-state index contributed by atoms with van der Waals surface area (Å²) in [5, 5.41) is 27.2. The van der Waals surface area contributed by atoms with Crippen molar-refractivity contribution in [3.63, 3.8) is 0 Å². The Kier molecular flexibility index (Phi) is 13.1. The third kappa shape index (κ3) is 10.7. The van der Waals surface area contributed by atoms with Gasteiger partial charge in [0, 0.05) is 12.8 Å². The molecule has 4 unspecified atom stereocenters. The van der Waals surface area contributed by atoms with Gasteiger partial charge in [0.05, 0.1) is 6.04 Å². The Balaban J connectivity index is 2.18. The van der Waals surface area contributed by atoms with E-state index in [1.54, 1.807) is 50.2 Å². The second kappa shape index (κ2) is 16.2. The van der Waals surface area contributed by atoms with E-state index in [0.717, 1.165) is 5.56 Å². The molecular weight excluding hydrogens is 514 g/mol. The fraction of sp³-hybridized carbons (Fsp3) is 0.448. The van der Waals surface area contributed by atoms with Gasteiger partial charge in [-0.1, -0.05) is 62.7 Å². The third-order valence-corrected chi connectivity index (χ3v) is 6.46. The summed E-state index contributed by atoms with van der Waals surface area (Å²) in [5.41, 5.74) is 12.9. The Bertz CT molecular complexity index is 1110. The Morgan fingerprint density at radius 2 is 1.35 bits per heavy atom. The largest absolute Gasteiger partial charge is 0.508 e. The van der Waals surface area contributed by atoms with Gasteiger partial charge < -0.3 is 37.6 Å². The Hall–Kier alpha value is -3.96. The maximum atomic E-state index is 13.4. The van der Waals surface area contributed by atoms with Crippen molar-refractivity contribution in [2.45, 2.75) is 70.1 Å². The van der Waals surface area contributed by atoms with Crippen LogP contribution in [0.2, 0.25) is 0 Å². The van der Waals surface area contributed by atoms with Crippen LogP contribution in [0.1, 0.15) is 44.2 Å². The number of nitrogens with two attached hydrogens (primary N) is 2. The predicted molar refractivity (Wildman–Crippen MR) is 151 cm³/mol. The lowest BCUT2D eigenvalue weighted by atomic mass is 9.99. The number of benzene rings is 2. The number of rotatable bonds is 16. The van der Waals surface area contributed by atoms with Gasteiger partial charge in [0.2, 0.25) is 17.7 Å². The molecule has 0 spiro atoms. The van der Waals surface area contributed by atoms with Gasteiger partial charge in [0.1, 0.15) is 23.9 Å². The highest BCUT2D eigenvalue weighted by Gasteiger charge is 2.32. The molecule has 0 fully saturated rings. The molecular formula is C29H41N5O6. The lowest BCUT2D eigenvalue weighted by Crippen LogP contribution is -2.59. The van der Waals surface area contributed by atoms with Gasteiger partial charge >= 0.3 is 5.97 Å². The number of hydrogen-bond acceptors (Lipinski definition) is 7. The monoisotopic (exact) mass is 555 g/mol. The second-order valence-electron chi connectivity index (χ2n) is 10.1. The number of amides is 3. The molecule has 40 heavy (non-hydrogen) atoms. The van der Waals surface area contributed by atoms with Crippen molar-refractivity contribution in [2.75, 3.05) is 6.54 Å². The van der Waals surface area contributed by atoms with Gasteiger partial charge in [-0.15, -0.1) is 0 Å². The van der Waals surface area contributed by atoms with Gasteiger partial charge in [-0.3, -0.25) is 14.4 Å². The maximum absolute atomic E-state index is 13.4. The zero-order valence-corrected chi connectivity index (χ0v) is 23.0. The third-order valence-electron chi connectivity index (χ3n) is 6.46. The molecule has 0 aliphatic rings. The van der Waals surface area contributed by atoms with Crippen LogP contribution < -0.4 is 27.4 Å². The summed E-state index contributed by atoms with van der Waals surface area (Å²) in [5.74, 6) is -3.34. The van der Waals surface area contributed by atoms with E-state index in [1.807, 2.05) is 6.07 Å². The van der Waals surface area contributed by atoms with Crippen molar-refractivity contribution < 1.29 is 29.4 Å². The molecule has 2 rings (SSSR count). The van der Waals surface area contributed by atoms with Crippen LogP contribution in [0.4, 0.5) is 0 Å². The van der Waals surface area contributed by atoms with E-state index in [2.05, 4.69) is 16.0 Å². The average molecular weight is 556 g/mol. The molecule has 0 aromatic heterocycles. The molecule has 0 aliphatic heterocycles. The summed E-state index contributed by atoms with van der Waals surface area (Å²) in [6.07, 6.45) is 1.91. The number of carboxylic acid groups (broad SMARTS) is 1. The van der Waals surface area contributed by atoms with Crippen LogP contribution in [-0.4, -0.2) is 64.6 Å². The molecule has 0 saturated heterocycles. The first-order valence-electron chi connectivity index (χ1n) is 13.4. The van der Waals surface area contributed by atoms with E-state index < -0.39 is 53.8 Å². The number of carbonyl (C=O) groups excluding carboxylic acids is 3. The fourth-order valence-corrected chi connectivity index (χ4v) is 4.10. The first kappa shape index (κ1) is 32.3. The number of unbranched alkanes of at least 4 members (excludes halogenated alkanes) is 1. The van der Waals surface area contributed by atoms with Crippen LogP contribution in [0.15, 0.2) is 54.6 Å². The molecule has 11 heteroatoms. The number of phenolic OH excluding ortho intramolecular Hbond substituents is 1. The van der Waals surface area contributed by atoms with Gasteiger partial charge in [-0.2, -0.15) is 0 Å². The highest BCUT2D eigenvalue weighted by molar-refractivity contribution is 5.94. The molecule has 4 atom stereocenters. The van der Waals surface area contributed by atoms with Gasteiger partial charge in [0.15, 0.2) is 0 Å². The Labute approximate surface area is 234 Å². The minimum absolute atomic E-state index is 0.0516. The summed E-state index contributed by atoms with van der Waals surface area (Å²) in [4.78, 5) is 51.3. The standard InChI is InChI=1S/C29H41N5O6/c1-18(2)25(28(38)33-24(29(39)40)17-19-8-4-3-5-9-19)34-27(37)23(16-20-11-13-21(35)14-12-20)32-26(36)22(31)10-6-7-15-30/h3-5,8-9,11-14,18,22-25,35H,6-7,10,15-17,30-31H2,1-2H3,(H,32,36)(H,33,38)(H,34,37)(H,39,40). The molecule has 0 radical (unpaired) electrons. The van der Waals surface area contributed by atoms with Gasteiger partial charge in [-0.05, 0) is 48.6 Å². The van der Waals surface area contributed by atoms with Crippen LogP contribution >= 0.6 is 0 Å². The van der Waals surface area contributed by atoms with Crippen LogP contribution in [-0.2, 0) is 32.0 Å². The van der Waals surface area contributed by atoms with E-state index in [-0.39, 0.29) is 18.6 Å². The van der Waals surface area contributed by atoms with Crippen molar-refractivity contribution >= 4 is 23.7 Å². The average Bonchev–Trinajstić information content (AvgIpc) is 2.92. The number of aliphatic carboxylic acids is 1. The molecule has 0 saturated carbocycles. The maximum Gasteiger partial charge on any atom is 0.326 e. The molecule has 0 aliphatic carbocycles. The summed E-state index contributed by atoms with van der Waals surface area (Å²) < 4.78 is 0. The lowest BCUT2D eigenvalue weighted by molar-refractivity contribution is -0.142. The SMILES string of the molecule is CC(C)C(NC(=O)C(Cc1ccc(O)cc1)NC(=O)C(N)CCCCN)C(=O)NC(Cc1ccccc1)C(=O)O. The zero-order chi connectivity index (χ0) is 29.7. The molecule has 9 N–H and O–H groups in total. The van der Waals surface area contributed by atoms with E-state index in [9.17, 15) is 29.4 Å². The van der Waals surface area contributed by atoms with E-state index in [1.165, 1.54) is 12.1 Å². The highest BCUT2D eigenvalue weighted by atomic mass is 16.4. The zero-order valence-electron chi connectivity index (χ0n) is 23.0.